The van der Waals surface area contributed by atoms with Crippen molar-refractivity contribution in [1.29, 1.82) is 0 Å². The van der Waals surface area contributed by atoms with Gasteiger partial charge in [0.1, 0.15) is 6.54 Å². The Morgan fingerprint density at radius 1 is 1.22 bits per heavy atom. The van der Waals surface area contributed by atoms with E-state index in [0.29, 0.717) is 10.9 Å². The molecule has 1 amide bonds. The molecule has 9 heteroatoms. The molecule has 0 unspecified atom stereocenters. The van der Waals surface area contributed by atoms with Crippen LogP contribution in [0.1, 0.15) is 6.42 Å². The van der Waals surface area contributed by atoms with Gasteiger partial charge in [0.2, 0.25) is 5.91 Å². The molecule has 23 heavy (non-hydrogen) atoms. The van der Waals surface area contributed by atoms with Crippen LogP contribution in [0.3, 0.4) is 0 Å². The van der Waals surface area contributed by atoms with E-state index in [2.05, 4.69) is 4.98 Å². The third kappa shape index (κ3) is 3.90. The van der Waals surface area contributed by atoms with Gasteiger partial charge in [-0.15, -0.1) is 0 Å². The number of nitrogens with one attached hydrogen (secondary N) is 1. The first-order valence-electron chi connectivity index (χ1n) is 6.52. The van der Waals surface area contributed by atoms with Crippen molar-refractivity contribution in [3.8, 4) is 0 Å². The molecule has 0 aliphatic rings. The van der Waals surface area contributed by atoms with E-state index in [1.807, 2.05) is 5.32 Å². The summed E-state index contributed by atoms with van der Waals surface area (Å²) >= 11 is 0. The molecule has 0 saturated heterocycles. The van der Waals surface area contributed by atoms with Crippen molar-refractivity contribution in [1.82, 2.24) is 14.9 Å². The van der Waals surface area contributed by atoms with E-state index < -0.39 is 42.4 Å². The van der Waals surface area contributed by atoms with Gasteiger partial charge in [-0.25, -0.2) is 4.98 Å². The van der Waals surface area contributed by atoms with Crippen LogP contribution in [0.4, 0.5) is 0 Å². The Labute approximate surface area is 129 Å². The highest BCUT2D eigenvalue weighted by Gasteiger charge is 2.15. The summed E-state index contributed by atoms with van der Waals surface area (Å²) < 4.78 is 0.989. The maximum atomic E-state index is 12.2. The number of rotatable bonds is 6. The number of carbonyl (C=O) groups excluding carboxylic acids is 3. The van der Waals surface area contributed by atoms with Gasteiger partial charge in [0.25, 0.3) is 5.56 Å². The van der Waals surface area contributed by atoms with Crippen molar-refractivity contribution in [2.45, 2.75) is 19.0 Å². The standard InChI is InChI=1S/C14H13N3O6/c18-11(16-10(14(22)23)5-12(19)20)6-17-7-15-9-4-2-1-3-8(9)13(17)21/h1-4,7,10H,5-6H2,(H,16,18)(H,19,20)(H,22,23)/p-2/t10-/m0/s1. The van der Waals surface area contributed by atoms with Crippen molar-refractivity contribution in [2.75, 3.05) is 0 Å². The zero-order chi connectivity index (χ0) is 17.0. The second-order valence-corrected chi connectivity index (χ2v) is 4.71. The van der Waals surface area contributed by atoms with Gasteiger partial charge in [0.15, 0.2) is 0 Å². The number of fused-ring (bicyclic) bond motifs is 1. The van der Waals surface area contributed by atoms with Crippen molar-refractivity contribution in [3.05, 3.63) is 40.9 Å². The van der Waals surface area contributed by atoms with E-state index in [9.17, 15) is 29.4 Å². The van der Waals surface area contributed by atoms with Gasteiger partial charge in [-0.3, -0.25) is 14.2 Å². The molecule has 1 aromatic carbocycles. The van der Waals surface area contributed by atoms with E-state index in [-0.39, 0.29) is 0 Å². The fourth-order valence-corrected chi connectivity index (χ4v) is 1.97. The number of carboxylic acid groups (broad SMARTS) is 2. The molecular formula is C14H11N3O6-2. The van der Waals surface area contributed by atoms with Gasteiger partial charge in [0.05, 0.1) is 29.2 Å². The monoisotopic (exact) mass is 317 g/mol. The first-order valence-corrected chi connectivity index (χ1v) is 6.52. The van der Waals surface area contributed by atoms with E-state index in [4.69, 9.17) is 0 Å². The number of aliphatic carboxylic acids is 2. The first-order chi connectivity index (χ1) is 10.9. The average molecular weight is 317 g/mol. The fourth-order valence-electron chi connectivity index (χ4n) is 1.97. The lowest BCUT2D eigenvalue weighted by Gasteiger charge is -2.20. The Hall–Kier alpha value is -3.23. The fraction of sp³-hybridized carbons (Fsp3) is 0.214. The van der Waals surface area contributed by atoms with Gasteiger partial charge in [-0.1, -0.05) is 12.1 Å². The van der Waals surface area contributed by atoms with Crippen LogP contribution in [-0.4, -0.2) is 33.4 Å². The third-order valence-corrected chi connectivity index (χ3v) is 3.04. The van der Waals surface area contributed by atoms with Gasteiger partial charge in [-0.05, 0) is 12.1 Å². The number of carboxylic acids is 2. The lowest BCUT2D eigenvalue weighted by atomic mass is 10.2. The number of amides is 1. The molecule has 1 aromatic heterocycles. The second kappa shape index (κ2) is 6.69. The molecule has 0 radical (unpaired) electrons. The summed E-state index contributed by atoms with van der Waals surface area (Å²) in [5, 5.41) is 23.5. The summed E-state index contributed by atoms with van der Waals surface area (Å²) in [6.45, 7) is -0.506. The van der Waals surface area contributed by atoms with Crippen LogP contribution in [0.25, 0.3) is 10.9 Å². The Morgan fingerprint density at radius 3 is 2.57 bits per heavy atom. The maximum absolute atomic E-state index is 12.2. The highest BCUT2D eigenvalue weighted by molar-refractivity contribution is 5.85. The van der Waals surface area contributed by atoms with E-state index >= 15 is 0 Å². The van der Waals surface area contributed by atoms with E-state index in [1.165, 1.54) is 0 Å². The summed E-state index contributed by atoms with van der Waals surface area (Å²) in [5.41, 5.74) is -0.0191. The van der Waals surface area contributed by atoms with Gasteiger partial charge >= 0.3 is 0 Å². The molecule has 0 fully saturated rings. The second-order valence-electron chi connectivity index (χ2n) is 4.71. The van der Waals surface area contributed by atoms with Gasteiger partial charge < -0.3 is 25.1 Å². The van der Waals surface area contributed by atoms with Crippen LogP contribution in [0, 0.1) is 0 Å². The molecule has 2 aromatic rings. The van der Waals surface area contributed by atoms with Crippen LogP contribution in [-0.2, 0) is 20.9 Å². The average Bonchev–Trinajstić information content (AvgIpc) is 2.49. The van der Waals surface area contributed by atoms with Crippen molar-refractivity contribution in [2.24, 2.45) is 0 Å². The lowest BCUT2D eigenvalue weighted by molar-refractivity contribution is -0.317. The summed E-state index contributed by atoms with van der Waals surface area (Å²) in [6.07, 6.45) is 0.218. The Kier molecular flexibility index (Phi) is 4.69. The number of benzene rings is 1. The van der Waals surface area contributed by atoms with Crippen molar-refractivity contribution in [3.63, 3.8) is 0 Å². The third-order valence-electron chi connectivity index (χ3n) is 3.04. The van der Waals surface area contributed by atoms with E-state index in [0.717, 1.165) is 10.9 Å². The van der Waals surface area contributed by atoms with Crippen LogP contribution in [0.5, 0.6) is 0 Å². The molecular weight excluding hydrogens is 306 g/mol. The highest BCUT2D eigenvalue weighted by Crippen LogP contribution is 2.04. The van der Waals surface area contributed by atoms with Crippen molar-refractivity contribution < 1.29 is 24.6 Å². The smallest absolute Gasteiger partial charge is 0.261 e. The minimum Gasteiger partial charge on any atom is -0.550 e. The molecule has 0 aliphatic heterocycles. The molecule has 0 spiro atoms. The van der Waals surface area contributed by atoms with Gasteiger partial charge in [0, 0.05) is 12.4 Å². The highest BCUT2D eigenvalue weighted by atomic mass is 16.4. The molecule has 1 heterocycles. The first kappa shape index (κ1) is 16.1. The molecule has 0 saturated carbocycles. The topological polar surface area (TPSA) is 144 Å². The largest absolute Gasteiger partial charge is 0.550 e. The number of hydrogen-bond acceptors (Lipinski definition) is 7. The van der Waals surface area contributed by atoms with Gasteiger partial charge in [-0.2, -0.15) is 0 Å². The Bertz CT molecular complexity index is 829. The number of nitrogens with zero attached hydrogens (tertiary/aromatic N) is 2. The summed E-state index contributed by atoms with van der Waals surface area (Å²) in [5.74, 6) is -4.27. The molecule has 0 aliphatic carbocycles. The minimum atomic E-state index is -1.76. The van der Waals surface area contributed by atoms with Crippen LogP contribution in [0.15, 0.2) is 35.4 Å². The molecule has 1 N–H and O–H groups in total. The molecule has 0 bridgehead atoms. The predicted octanol–water partition coefficient (Wildman–Crippen LogP) is -3.23. The van der Waals surface area contributed by atoms with Crippen molar-refractivity contribution >= 4 is 28.7 Å². The predicted molar refractivity (Wildman–Crippen MR) is 72.6 cm³/mol. The molecule has 120 valence electrons. The number of carbonyl (C=O) groups is 3. The number of hydrogen-bond donors (Lipinski definition) is 1. The maximum Gasteiger partial charge on any atom is 0.261 e. The molecule has 1 atom stereocenters. The summed E-state index contributed by atoms with van der Waals surface area (Å²) in [4.78, 5) is 49.2. The quantitative estimate of drug-likeness (QED) is 0.589. The summed E-state index contributed by atoms with van der Waals surface area (Å²) in [6, 6.07) is 4.78. The number of para-hydroxylation sites is 1. The lowest BCUT2D eigenvalue weighted by Crippen LogP contribution is -2.51. The molecule has 9 nitrogen and oxygen atoms in total. The zero-order valence-electron chi connectivity index (χ0n) is 11.7. The normalized spacial score (nSPS) is 11.8. The molecule has 2 rings (SSSR count). The zero-order valence-corrected chi connectivity index (χ0v) is 11.7. The Morgan fingerprint density at radius 2 is 1.91 bits per heavy atom. The van der Waals surface area contributed by atoms with Crippen LogP contribution < -0.4 is 21.1 Å². The Balaban J connectivity index is 2.17. The van der Waals surface area contributed by atoms with Crippen LogP contribution >= 0.6 is 0 Å². The number of aromatic nitrogens is 2. The van der Waals surface area contributed by atoms with Crippen LogP contribution in [0.2, 0.25) is 0 Å². The SMILES string of the molecule is O=C([O-])C[C@H](NC(=O)Cn1cnc2ccccc2c1=O)C(=O)[O-]. The van der Waals surface area contributed by atoms with E-state index in [1.54, 1.807) is 24.3 Å². The summed E-state index contributed by atoms with van der Waals surface area (Å²) in [7, 11) is 0. The minimum absolute atomic E-state index is 0.300.